The molecule has 25 heavy (non-hydrogen) atoms. The van der Waals surface area contributed by atoms with Crippen molar-refractivity contribution in [2.75, 3.05) is 18.4 Å². The molecule has 134 valence electrons. The van der Waals surface area contributed by atoms with Crippen molar-refractivity contribution in [1.82, 2.24) is 9.29 Å². The van der Waals surface area contributed by atoms with E-state index in [0.29, 0.717) is 25.5 Å². The van der Waals surface area contributed by atoms with Crippen LogP contribution in [0.3, 0.4) is 0 Å². The van der Waals surface area contributed by atoms with Gasteiger partial charge in [-0.15, -0.1) is 0 Å². The van der Waals surface area contributed by atoms with Gasteiger partial charge in [-0.2, -0.15) is 4.31 Å². The molecule has 1 aliphatic heterocycles. The highest BCUT2D eigenvalue weighted by molar-refractivity contribution is 7.89. The summed E-state index contributed by atoms with van der Waals surface area (Å²) in [5.41, 5.74) is 0.818. The van der Waals surface area contributed by atoms with Gasteiger partial charge in [0.2, 0.25) is 10.0 Å². The number of nitrogens with one attached hydrogen (secondary N) is 1. The lowest BCUT2D eigenvalue weighted by molar-refractivity contribution is 0.151. The van der Waals surface area contributed by atoms with Gasteiger partial charge in [0.05, 0.1) is 0 Å². The van der Waals surface area contributed by atoms with E-state index in [0.717, 1.165) is 18.4 Å². The molecule has 0 aliphatic carbocycles. The normalized spacial score (nSPS) is 15.6. The zero-order valence-corrected chi connectivity index (χ0v) is 14.3. The van der Waals surface area contributed by atoms with Crippen LogP contribution < -0.4 is 5.32 Å². The van der Waals surface area contributed by atoms with Gasteiger partial charge in [-0.1, -0.05) is 24.3 Å². The highest BCUT2D eigenvalue weighted by Gasteiger charge is 2.27. The SMILES string of the molecule is O=S(=O)(c1ccc(NCc2ccc(C(F)F)cc2)nc1)N1CCCC1. The van der Waals surface area contributed by atoms with E-state index in [1.165, 1.54) is 28.7 Å². The molecule has 0 saturated carbocycles. The molecule has 5 nitrogen and oxygen atoms in total. The van der Waals surface area contributed by atoms with Gasteiger partial charge in [0, 0.05) is 31.4 Å². The van der Waals surface area contributed by atoms with Gasteiger partial charge in [-0.25, -0.2) is 22.2 Å². The molecule has 0 atom stereocenters. The van der Waals surface area contributed by atoms with E-state index < -0.39 is 16.4 Å². The molecule has 0 unspecified atom stereocenters. The van der Waals surface area contributed by atoms with Crippen molar-refractivity contribution in [1.29, 1.82) is 0 Å². The van der Waals surface area contributed by atoms with Gasteiger partial charge in [-0.3, -0.25) is 0 Å². The molecule has 1 saturated heterocycles. The number of hydrogen-bond donors (Lipinski definition) is 1. The van der Waals surface area contributed by atoms with Crippen LogP contribution in [0.1, 0.15) is 30.4 Å². The minimum atomic E-state index is -3.46. The largest absolute Gasteiger partial charge is 0.366 e. The van der Waals surface area contributed by atoms with E-state index >= 15 is 0 Å². The van der Waals surface area contributed by atoms with Crippen LogP contribution in [0.5, 0.6) is 0 Å². The number of sulfonamides is 1. The van der Waals surface area contributed by atoms with Crippen molar-refractivity contribution < 1.29 is 17.2 Å². The van der Waals surface area contributed by atoms with Crippen LogP contribution >= 0.6 is 0 Å². The Balaban J connectivity index is 1.62. The van der Waals surface area contributed by atoms with Crippen molar-refractivity contribution in [2.45, 2.75) is 30.7 Å². The number of halogens is 2. The molecule has 3 rings (SSSR count). The number of rotatable bonds is 6. The second kappa shape index (κ2) is 7.45. The molecule has 0 bridgehead atoms. The molecule has 1 fully saturated rings. The number of nitrogens with zero attached hydrogens (tertiary/aromatic N) is 2. The van der Waals surface area contributed by atoms with Gasteiger partial charge < -0.3 is 5.32 Å². The maximum absolute atomic E-state index is 12.5. The summed E-state index contributed by atoms with van der Waals surface area (Å²) < 4.78 is 51.3. The van der Waals surface area contributed by atoms with Crippen LogP contribution in [0.2, 0.25) is 0 Å². The smallest absolute Gasteiger partial charge is 0.263 e. The van der Waals surface area contributed by atoms with E-state index in [1.54, 1.807) is 18.2 Å². The van der Waals surface area contributed by atoms with Crippen LogP contribution in [0.4, 0.5) is 14.6 Å². The fraction of sp³-hybridized carbons (Fsp3) is 0.353. The Hall–Kier alpha value is -2.06. The van der Waals surface area contributed by atoms with E-state index in [-0.39, 0.29) is 10.5 Å². The minimum Gasteiger partial charge on any atom is -0.366 e. The highest BCUT2D eigenvalue weighted by Crippen LogP contribution is 2.21. The van der Waals surface area contributed by atoms with Gasteiger partial charge >= 0.3 is 0 Å². The maximum Gasteiger partial charge on any atom is 0.263 e. The van der Waals surface area contributed by atoms with Crippen molar-refractivity contribution >= 4 is 15.8 Å². The molecule has 1 aliphatic rings. The Morgan fingerprint density at radius 2 is 1.76 bits per heavy atom. The summed E-state index contributed by atoms with van der Waals surface area (Å²) in [6, 6.07) is 9.17. The molecule has 2 aromatic rings. The number of hydrogen-bond acceptors (Lipinski definition) is 4. The third-order valence-corrected chi connectivity index (χ3v) is 6.03. The Morgan fingerprint density at radius 3 is 2.32 bits per heavy atom. The van der Waals surface area contributed by atoms with E-state index in [4.69, 9.17) is 0 Å². The number of pyridine rings is 1. The van der Waals surface area contributed by atoms with Gasteiger partial charge in [0.15, 0.2) is 0 Å². The predicted octanol–water partition coefficient (Wildman–Crippen LogP) is 3.42. The first-order valence-electron chi connectivity index (χ1n) is 8.04. The molecule has 0 spiro atoms. The summed E-state index contributed by atoms with van der Waals surface area (Å²) in [7, 11) is -3.46. The molecular formula is C17H19F2N3O2S. The summed E-state index contributed by atoms with van der Waals surface area (Å²) in [5, 5.41) is 3.05. The van der Waals surface area contributed by atoms with E-state index in [9.17, 15) is 17.2 Å². The first-order chi connectivity index (χ1) is 12.0. The summed E-state index contributed by atoms with van der Waals surface area (Å²) in [5.74, 6) is 0.526. The van der Waals surface area contributed by atoms with Crippen LogP contribution in [-0.2, 0) is 16.6 Å². The van der Waals surface area contributed by atoms with E-state index in [2.05, 4.69) is 10.3 Å². The Labute approximate surface area is 145 Å². The van der Waals surface area contributed by atoms with Crippen molar-refractivity contribution in [3.8, 4) is 0 Å². The van der Waals surface area contributed by atoms with Crippen LogP contribution in [0.25, 0.3) is 0 Å². The molecule has 1 N–H and O–H groups in total. The summed E-state index contributed by atoms with van der Waals surface area (Å²) >= 11 is 0. The lowest BCUT2D eigenvalue weighted by atomic mass is 10.1. The second-order valence-corrected chi connectivity index (χ2v) is 7.82. The lowest BCUT2D eigenvalue weighted by Gasteiger charge is -2.15. The minimum absolute atomic E-state index is 0.0154. The maximum atomic E-state index is 12.5. The summed E-state index contributed by atoms with van der Waals surface area (Å²) in [6.07, 6.45) is 0.636. The number of benzene rings is 1. The molecule has 0 radical (unpaired) electrons. The topological polar surface area (TPSA) is 62.3 Å². The lowest BCUT2D eigenvalue weighted by Crippen LogP contribution is -2.27. The van der Waals surface area contributed by atoms with Crippen molar-refractivity contribution in [3.05, 3.63) is 53.7 Å². The van der Waals surface area contributed by atoms with Crippen molar-refractivity contribution in [2.24, 2.45) is 0 Å². The second-order valence-electron chi connectivity index (χ2n) is 5.89. The summed E-state index contributed by atoms with van der Waals surface area (Å²) in [4.78, 5) is 4.32. The fourth-order valence-corrected chi connectivity index (χ4v) is 4.15. The fourth-order valence-electron chi connectivity index (χ4n) is 2.69. The zero-order valence-electron chi connectivity index (χ0n) is 13.5. The summed E-state index contributed by atoms with van der Waals surface area (Å²) in [6.45, 7) is 1.52. The standard InChI is InChI=1S/C17H19F2N3O2S/c18-17(19)14-5-3-13(4-6-14)11-20-16-8-7-15(12-21-16)25(23,24)22-9-1-2-10-22/h3-8,12,17H,1-2,9-11H2,(H,20,21). The first-order valence-corrected chi connectivity index (χ1v) is 9.48. The predicted molar refractivity (Wildman–Crippen MR) is 91.0 cm³/mol. The average Bonchev–Trinajstić information content (AvgIpc) is 3.16. The van der Waals surface area contributed by atoms with Gasteiger partial charge in [0.25, 0.3) is 6.43 Å². The van der Waals surface area contributed by atoms with Crippen molar-refractivity contribution in [3.63, 3.8) is 0 Å². The van der Waals surface area contributed by atoms with Crippen LogP contribution in [0, 0.1) is 0 Å². The Bertz CT molecular complexity index is 803. The zero-order chi connectivity index (χ0) is 17.9. The third-order valence-electron chi connectivity index (χ3n) is 4.14. The highest BCUT2D eigenvalue weighted by atomic mass is 32.2. The molecule has 8 heteroatoms. The van der Waals surface area contributed by atoms with Crippen LogP contribution in [-0.4, -0.2) is 30.8 Å². The average molecular weight is 367 g/mol. The quantitative estimate of drug-likeness (QED) is 0.850. The van der Waals surface area contributed by atoms with Gasteiger partial charge in [0.1, 0.15) is 10.7 Å². The molecule has 1 aromatic heterocycles. The number of aromatic nitrogens is 1. The monoisotopic (exact) mass is 367 g/mol. The third kappa shape index (κ3) is 4.13. The molecule has 0 amide bonds. The van der Waals surface area contributed by atoms with Crippen LogP contribution in [0.15, 0.2) is 47.5 Å². The number of alkyl halides is 2. The number of anilines is 1. The molecule has 2 heterocycles. The van der Waals surface area contributed by atoms with Gasteiger partial charge in [-0.05, 0) is 30.5 Å². The first kappa shape index (κ1) is 17.8. The molecular weight excluding hydrogens is 348 g/mol. The van der Waals surface area contributed by atoms with E-state index in [1.807, 2.05) is 0 Å². The Kier molecular flexibility index (Phi) is 5.29. The Morgan fingerprint density at radius 1 is 1.08 bits per heavy atom. The molecule has 1 aromatic carbocycles.